The van der Waals surface area contributed by atoms with Crippen molar-refractivity contribution in [2.24, 2.45) is 0 Å². The highest BCUT2D eigenvalue weighted by Gasteiger charge is 2.01. The summed E-state index contributed by atoms with van der Waals surface area (Å²) >= 11 is 0. The van der Waals surface area contributed by atoms with Crippen LogP contribution in [0.1, 0.15) is 12.0 Å². The van der Waals surface area contributed by atoms with E-state index >= 15 is 0 Å². The molecule has 0 radical (unpaired) electrons. The Kier molecular flexibility index (Phi) is 4.13. The lowest BCUT2D eigenvalue weighted by Gasteiger charge is -2.11. The number of nitrogens with zero attached hydrogens (tertiary/aromatic N) is 1. The summed E-state index contributed by atoms with van der Waals surface area (Å²) < 4.78 is 0. The Morgan fingerprint density at radius 3 is 2.50 bits per heavy atom. The second-order valence-corrected chi connectivity index (χ2v) is 3.42. The van der Waals surface area contributed by atoms with Gasteiger partial charge in [-0.15, -0.1) is 0 Å². The molecule has 3 heteroatoms. The molecule has 1 aromatic rings. The fourth-order valence-corrected chi connectivity index (χ4v) is 1.21. The summed E-state index contributed by atoms with van der Waals surface area (Å²) in [5, 5.41) is 1.66. The average molecular weight is 192 g/mol. The third kappa shape index (κ3) is 4.05. The van der Waals surface area contributed by atoms with Crippen LogP contribution in [0.4, 0.5) is 0 Å². The van der Waals surface area contributed by atoms with Crippen LogP contribution in [-0.4, -0.2) is 25.0 Å². The first-order valence-electron chi connectivity index (χ1n) is 4.69. The van der Waals surface area contributed by atoms with Gasteiger partial charge in [0.2, 0.25) is 5.91 Å². The van der Waals surface area contributed by atoms with Gasteiger partial charge in [-0.25, -0.2) is 5.01 Å². The van der Waals surface area contributed by atoms with Gasteiger partial charge < -0.3 is 0 Å². The SMILES string of the molecule is CN(C)NC(=O)CCc1ccccc1. The maximum absolute atomic E-state index is 11.3. The van der Waals surface area contributed by atoms with Crippen LogP contribution in [0.3, 0.4) is 0 Å². The number of amides is 1. The third-order valence-electron chi connectivity index (χ3n) is 1.83. The monoisotopic (exact) mass is 192 g/mol. The molecule has 1 N–H and O–H groups in total. The largest absolute Gasteiger partial charge is 0.289 e. The fourth-order valence-electron chi connectivity index (χ4n) is 1.21. The summed E-state index contributed by atoms with van der Waals surface area (Å²) in [6.45, 7) is 0. The topological polar surface area (TPSA) is 32.3 Å². The van der Waals surface area contributed by atoms with Gasteiger partial charge in [0.15, 0.2) is 0 Å². The third-order valence-corrected chi connectivity index (χ3v) is 1.83. The van der Waals surface area contributed by atoms with E-state index in [1.54, 1.807) is 19.1 Å². The van der Waals surface area contributed by atoms with Crippen molar-refractivity contribution < 1.29 is 4.79 Å². The number of nitrogens with one attached hydrogen (secondary N) is 1. The molecule has 0 bridgehead atoms. The Morgan fingerprint density at radius 1 is 1.29 bits per heavy atom. The zero-order valence-corrected chi connectivity index (χ0v) is 8.66. The van der Waals surface area contributed by atoms with Crippen LogP contribution < -0.4 is 5.43 Å². The summed E-state index contributed by atoms with van der Waals surface area (Å²) in [4.78, 5) is 11.3. The molecule has 0 aromatic heterocycles. The molecule has 1 aromatic carbocycles. The smallest absolute Gasteiger partial charge is 0.234 e. The lowest BCUT2D eigenvalue weighted by atomic mass is 10.1. The van der Waals surface area contributed by atoms with Gasteiger partial charge in [-0.2, -0.15) is 0 Å². The van der Waals surface area contributed by atoms with Crippen LogP contribution in [0.15, 0.2) is 30.3 Å². The molecule has 0 atom stereocenters. The van der Waals surface area contributed by atoms with E-state index in [4.69, 9.17) is 0 Å². The predicted octanol–water partition coefficient (Wildman–Crippen LogP) is 1.21. The maximum atomic E-state index is 11.3. The normalized spacial score (nSPS) is 10.2. The quantitative estimate of drug-likeness (QED) is 0.727. The molecule has 0 unspecified atom stereocenters. The summed E-state index contributed by atoms with van der Waals surface area (Å²) in [7, 11) is 3.61. The molecule has 0 fully saturated rings. The number of hydrogen-bond donors (Lipinski definition) is 1. The van der Waals surface area contributed by atoms with Crippen molar-refractivity contribution in [3.63, 3.8) is 0 Å². The molecule has 0 saturated heterocycles. The van der Waals surface area contributed by atoms with Gasteiger partial charge in [0, 0.05) is 20.5 Å². The molecule has 1 rings (SSSR count). The van der Waals surface area contributed by atoms with Crippen LogP contribution in [0, 0.1) is 0 Å². The second kappa shape index (κ2) is 5.40. The van der Waals surface area contributed by atoms with Crippen molar-refractivity contribution >= 4 is 5.91 Å². The average Bonchev–Trinajstić information content (AvgIpc) is 2.15. The second-order valence-electron chi connectivity index (χ2n) is 3.42. The van der Waals surface area contributed by atoms with Gasteiger partial charge in [-0.05, 0) is 12.0 Å². The van der Waals surface area contributed by atoms with Crippen LogP contribution in [0.2, 0.25) is 0 Å². The standard InChI is InChI=1S/C11H16N2O/c1-13(2)12-11(14)9-8-10-6-4-3-5-7-10/h3-7H,8-9H2,1-2H3,(H,12,14). The first-order chi connectivity index (χ1) is 6.68. The van der Waals surface area contributed by atoms with Crippen molar-refractivity contribution in [3.05, 3.63) is 35.9 Å². The van der Waals surface area contributed by atoms with Gasteiger partial charge in [0.25, 0.3) is 0 Å². The Balaban J connectivity index is 2.31. The highest BCUT2D eigenvalue weighted by molar-refractivity contribution is 5.75. The van der Waals surface area contributed by atoms with E-state index in [0.717, 1.165) is 6.42 Å². The highest BCUT2D eigenvalue weighted by Crippen LogP contribution is 2.01. The van der Waals surface area contributed by atoms with E-state index < -0.39 is 0 Å². The number of carbonyl (C=O) groups is 1. The minimum absolute atomic E-state index is 0.0545. The van der Waals surface area contributed by atoms with Gasteiger partial charge in [0.05, 0.1) is 0 Å². The number of aryl methyl sites for hydroxylation is 1. The molecule has 0 aliphatic heterocycles. The number of carbonyl (C=O) groups excluding carboxylic acids is 1. The molecule has 76 valence electrons. The number of rotatable bonds is 4. The lowest BCUT2D eigenvalue weighted by Crippen LogP contribution is -2.36. The summed E-state index contributed by atoms with van der Waals surface area (Å²) in [6.07, 6.45) is 1.32. The van der Waals surface area contributed by atoms with Crippen molar-refractivity contribution in [2.75, 3.05) is 14.1 Å². The number of benzene rings is 1. The minimum Gasteiger partial charge on any atom is -0.289 e. The lowest BCUT2D eigenvalue weighted by molar-refractivity contribution is -0.124. The molecular weight excluding hydrogens is 176 g/mol. The zero-order valence-electron chi connectivity index (χ0n) is 8.66. The fraction of sp³-hybridized carbons (Fsp3) is 0.364. The number of hydrazine groups is 1. The van der Waals surface area contributed by atoms with Crippen molar-refractivity contribution in [1.29, 1.82) is 0 Å². The summed E-state index contributed by atoms with van der Waals surface area (Å²) in [5.41, 5.74) is 3.90. The van der Waals surface area contributed by atoms with Crippen LogP contribution in [0.25, 0.3) is 0 Å². The van der Waals surface area contributed by atoms with Gasteiger partial charge >= 0.3 is 0 Å². The van der Waals surface area contributed by atoms with Crippen molar-refractivity contribution in [1.82, 2.24) is 10.4 Å². The van der Waals surface area contributed by atoms with Crippen LogP contribution in [-0.2, 0) is 11.2 Å². The Morgan fingerprint density at radius 2 is 1.93 bits per heavy atom. The molecule has 0 spiro atoms. The first kappa shape index (κ1) is 10.7. The zero-order chi connectivity index (χ0) is 10.4. The molecule has 0 saturated carbocycles. The van der Waals surface area contributed by atoms with Crippen LogP contribution in [0.5, 0.6) is 0 Å². The molecular formula is C11H16N2O. The van der Waals surface area contributed by atoms with Gasteiger partial charge in [-0.3, -0.25) is 10.2 Å². The maximum Gasteiger partial charge on any atom is 0.234 e. The van der Waals surface area contributed by atoms with E-state index in [1.807, 2.05) is 30.3 Å². The van der Waals surface area contributed by atoms with E-state index in [9.17, 15) is 4.79 Å². The van der Waals surface area contributed by atoms with Crippen molar-refractivity contribution in [2.45, 2.75) is 12.8 Å². The number of hydrogen-bond acceptors (Lipinski definition) is 2. The van der Waals surface area contributed by atoms with Crippen molar-refractivity contribution in [3.8, 4) is 0 Å². The van der Waals surface area contributed by atoms with E-state index in [0.29, 0.717) is 6.42 Å². The Labute approximate surface area is 84.7 Å². The molecule has 0 aliphatic carbocycles. The summed E-state index contributed by atoms with van der Waals surface area (Å²) in [6, 6.07) is 10.0. The first-order valence-corrected chi connectivity index (χ1v) is 4.69. The van der Waals surface area contributed by atoms with E-state index in [1.165, 1.54) is 5.56 Å². The van der Waals surface area contributed by atoms with Crippen LogP contribution >= 0.6 is 0 Å². The summed E-state index contributed by atoms with van der Waals surface area (Å²) in [5.74, 6) is 0.0545. The van der Waals surface area contributed by atoms with E-state index in [-0.39, 0.29) is 5.91 Å². The molecule has 0 aliphatic rings. The Hall–Kier alpha value is -1.35. The molecule has 1 amide bonds. The van der Waals surface area contributed by atoms with E-state index in [2.05, 4.69) is 5.43 Å². The van der Waals surface area contributed by atoms with Gasteiger partial charge in [0.1, 0.15) is 0 Å². The predicted molar refractivity (Wildman–Crippen MR) is 56.6 cm³/mol. The Bertz CT molecular complexity index is 283. The molecule has 0 heterocycles. The molecule has 14 heavy (non-hydrogen) atoms. The highest BCUT2D eigenvalue weighted by atomic mass is 16.2. The molecule has 3 nitrogen and oxygen atoms in total. The van der Waals surface area contributed by atoms with Gasteiger partial charge in [-0.1, -0.05) is 30.3 Å². The minimum atomic E-state index is 0.0545.